The van der Waals surface area contributed by atoms with Crippen LogP contribution < -0.4 is 5.32 Å². The maximum absolute atomic E-state index is 12.9. The Kier molecular flexibility index (Phi) is 5.95. The first-order valence-electron chi connectivity index (χ1n) is 11.2. The van der Waals surface area contributed by atoms with Crippen molar-refractivity contribution in [2.24, 2.45) is 0 Å². The van der Waals surface area contributed by atoms with Crippen molar-refractivity contribution in [2.75, 3.05) is 25.0 Å². The van der Waals surface area contributed by atoms with Gasteiger partial charge in [0.25, 0.3) is 0 Å². The van der Waals surface area contributed by atoms with E-state index in [0.717, 1.165) is 37.4 Å². The predicted octanol–water partition coefficient (Wildman–Crippen LogP) is 3.78. The van der Waals surface area contributed by atoms with Crippen LogP contribution in [0.5, 0.6) is 0 Å². The van der Waals surface area contributed by atoms with Gasteiger partial charge in [-0.15, -0.1) is 10.2 Å². The van der Waals surface area contributed by atoms with E-state index in [1.165, 1.54) is 0 Å². The van der Waals surface area contributed by atoms with E-state index in [2.05, 4.69) is 20.4 Å². The molecule has 0 aliphatic carbocycles. The third-order valence-electron chi connectivity index (χ3n) is 6.14. The molecular weight excluding hydrogens is 414 g/mol. The van der Waals surface area contributed by atoms with Gasteiger partial charge in [0, 0.05) is 23.2 Å². The number of para-hydroxylation sites is 1. The van der Waals surface area contributed by atoms with Crippen LogP contribution in [0.25, 0.3) is 5.65 Å². The summed E-state index contributed by atoms with van der Waals surface area (Å²) in [6.07, 6.45) is 3.84. The molecule has 7 heteroatoms. The zero-order valence-electron chi connectivity index (χ0n) is 18.2. The molecule has 1 aliphatic rings. The van der Waals surface area contributed by atoms with E-state index < -0.39 is 0 Å². The van der Waals surface area contributed by atoms with E-state index in [0.29, 0.717) is 29.3 Å². The number of carbonyl (C=O) groups excluding carboxylic acids is 2. The molecular formula is C26H25N5O2. The lowest BCUT2D eigenvalue weighted by Crippen LogP contribution is -2.39. The van der Waals surface area contributed by atoms with Crippen molar-refractivity contribution in [1.29, 1.82) is 0 Å². The molecule has 1 aliphatic heterocycles. The van der Waals surface area contributed by atoms with E-state index in [1.54, 1.807) is 24.3 Å². The zero-order chi connectivity index (χ0) is 22.6. The summed E-state index contributed by atoms with van der Waals surface area (Å²) in [5.74, 6) is 1.09. The molecule has 0 bridgehead atoms. The first kappa shape index (κ1) is 21.0. The van der Waals surface area contributed by atoms with Gasteiger partial charge in [0.05, 0.1) is 12.2 Å². The van der Waals surface area contributed by atoms with Gasteiger partial charge in [0.2, 0.25) is 5.91 Å². The first-order chi connectivity index (χ1) is 16.2. The monoisotopic (exact) mass is 439 g/mol. The van der Waals surface area contributed by atoms with Crippen molar-refractivity contribution in [3.05, 3.63) is 95.9 Å². The Hall–Kier alpha value is -3.84. The normalized spacial score (nSPS) is 14.9. The first-order valence-corrected chi connectivity index (χ1v) is 11.2. The summed E-state index contributed by atoms with van der Waals surface area (Å²) in [6, 6.07) is 22.2. The number of benzene rings is 2. The Labute approximate surface area is 192 Å². The summed E-state index contributed by atoms with van der Waals surface area (Å²) >= 11 is 0. The number of fused-ring (bicyclic) bond motifs is 1. The van der Waals surface area contributed by atoms with Crippen molar-refractivity contribution in [2.45, 2.75) is 18.8 Å². The van der Waals surface area contributed by atoms with Gasteiger partial charge in [0.15, 0.2) is 11.4 Å². The largest absolute Gasteiger partial charge is 0.324 e. The lowest BCUT2D eigenvalue weighted by Gasteiger charge is -2.30. The second-order valence-electron chi connectivity index (χ2n) is 8.33. The average molecular weight is 440 g/mol. The summed E-state index contributed by atoms with van der Waals surface area (Å²) in [7, 11) is 0. The lowest BCUT2D eigenvalue weighted by molar-refractivity contribution is -0.117. The van der Waals surface area contributed by atoms with Gasteiger partial charge < -0.3 is 5.32 Å². The molecule has 1 amide bonds. The van der Waals surface area contributed by atoms with Crippen molar-refractivity contribution < 1.29 is 9.59 Å². The second-order valence-corrected chi connectivity index (χ2v) is 8.33. The van der Waals surface area contributed by atoms with Gasteiger partial charge in [-0.05, 0) is 50.2 Å². The molecule has 7 nitrogen and oxygen atoms in total. The Morgan fingerprint density at radius 2 is 1.61 bits per heavy atom. The Morgan fingerprint density at radius 3 is 2.42 bits per heavy atom. The standard InChI is InChI=1S/C26H25N5O2/c32-24(27-22-11-5-4-10-21(22)25(33)19-8-2-1-3-9-19)18-30-16-13-20(14-17-30)26-29-28-23-12-6-7-15-31(23)26/h1-12,15,20H,13-14,16-18H2,(H,27,32). The molecule has 2 aromatic heterocycles. The Bertz CT molecular complexity index is 1280. The van der Waals surface area contributed by atoms with Gasteiger partial charge in [-0.25, -0.2) is 0 Å². The molecule has 1 N–H and O–H groups in total. The topological polar surface area (TPSA) is 79.6 Å². The van der Waals surface area contributed by atoms with E-state index in [4.69, 9.17) is 0 Å². The molecule has 33 heavy (non-hydrogen) atoms. The number of ketones is 1. The fourth-order valence-corrected chi connectivity index (χ4v) is 4.42. The molecule has 0 unspecified atom stereocenters. The van der Waals surface area contributed by atoms with Crippen LogP contribution >= 0.6 is 0 Å². The molecule has 1 fully saturated rings. The number of amides is 1. The predicted molar refractivity (Wildman–Crippen MR) is 126 cm³/mol. The summed E-state index contributed by atoms with van der Waals surface area (Å²) < 4.78 is 2.05. The second kappa shape index (κ2) is 9.34. The number of hydrogen-bond acceptors (Lipinski definition) is 5. The third kappa shape index (κ3) is 4.54. The third-order valence-corrected chi connectivity index (χ3v) is 6.14. The molecule has 4 aromatic rings. The number of nitrogens with zero attached hydrogens (tertiary/aromatic N) is 4. The zero-order valence-corrected chi connectivity index (χ0v) is 18.2. The Morgan fingerprint density at radius 1 is 0.879 bits per heavy atom. The number of likely N-dealkylation sites (tertiary alicyclic amines) is 1. The van der Waals surface area contributed by atoms with Crippen LogP contribution in [0.1, 0.15) is 40.5 Å². The van der Waals surface area contributed by atoms with Crippen LogP contribution in [0, 0.1) is 0 Å². The molecule has 0 atom stereocenters. The number of aromatic nitrogens is 3. The molecule has 3 heterocycles. The van der Waals surface area contributed by atoms with Crippen molar-refractivity contribution in [3.8, 4) is 0 Å². The van der Waals surface area contributed by atoms with E-state index in [-0.39, 0.29) is 11.7 Å². The average Bonchev–Trinajstić information content (AvgIpc) is 3.29. The molecule has 2 aromatic carbocycles. The minimum atomic E-state index is -0.116. The lowest BCUT2D eigenvalue weighted by atomic mass is 9.96. The van der Waals surface area contributed by atoms with Gasteiger partial charge in [-0.1, -0.05) is 48.5 Å². The number of pyridine rings is 1. The smallest absolute Gasteiger partial charge is 0.238 e. The van der Waals surface area contributed by atoms with Gasteiger partial charge in [-0.2, -0.15) is 0 Å². The molecule has 166 valence electrons. The number of carbonyl (C=O) groups is 2. The van der Waals surface area contributed by atoms with Crippen molar-refractivity contribution >= 4 is 23.0 Å². The maximum Gasteiger partial charge on any atom is 0.238 e. The summed E-state index contributed by atoms with van der Waals surface area (Å²) in [4.78, 5) is 27.8. The molecule has 5 rings (SSSR count). The fourth-order valence-electron chi connectivity index (χ4n) is 4.42. The Balaban J connectivity index is 1.20. The molecule has 1 saturated heterocycles. The van der Waals surface area contributed by atoms with Gasteiger partial charge in [-0.3, -0.25) is 18.9 Å². The van der Waals surface area contributed by atoms with Crippen LogP contribution in [-0.4, -0.2) is 50.8 Å². The highest BCUT2D eigenvalue weighted by Crippen LogP contribution is 2.27. The van der Waals surface area contributed by atoms with Crippen LogP contribution in [0.4, 0.5) is 5.69 Å². The van der Waals surface area contributed by atoms with Crippen LogP contribution in [0.2, 0.25) is 0 Å². The maximum atomic E-state index is 12.9. The number of hydrogen-bond donors (Lipinski definition) is 1. The quantitative estimate of drug-likeness (QED) is 0.463. The van der Waals surface area contributed by atoms with Gasteiger partial charge in [0.1, 0.15) is 5.82 Å². The number of piperidine rings is 1. The van der Waals surface area contributed by atoms with E-state index in [9.17, 15) is 9.59 Å². The molecule has 0 spiro atoms. The number of anilines is 1. The van der Waals surface area contributed by atoms with Crippen molar-refractivity contribution in [1.82, 2.24) is 19.5 Å². The van der Waals surface area contributed by atoms with Gasteiger partial charge >= 0.3 is 0 Å². The fraction of sp³-hybridized carbons (Fsp3) is 0.231. The highest BCUT2D eigenvalue weighted by molar-refractivity contribution is 6.13. The van der Waals surface area contributed by atoms with Crippen LogP contribution in [0.3, 0.4) is 0 Å². The highest BCUT2D eigenvalue weighted by Gasteiger charge is 2.25. The molecule has 0 saturated carbocycles. The van der Waals surface area contributed by atoms with E-state index in [1.807, 2.05) is 59.1 Å². The number of nitrogens with one attached hydrogen (secondary N) is 1. The minimum absolute atomic E-state index is 0.104. The van der Waals surface area contributed by atoms with Crippen LogP contribution in [0.15, 0.2) is 79.0 Å². The number of rotatable bonds is 6. The van der Waals surface area contributed by atoms with Crippen molar-refractivity contribution in [3.63, 3.8) is 0 Å². The molecule has 0 radical (unpaired) electrons. The highest BCUT2D eigenvalue weighted by atomic mass is 16.2. The summed E-state index contributed by atoms with van der Waals surface area (Å²) in [5.41, 5.74) is 2.50. The SMILES string of the molecule is O=C(CN1CCC(c2nnc3ccccn23)CC1)Nc1ccccc1C(=O)c1ccccc1. The summed E-state index contributed by atoms with van der Waals surface area (Å²) in [6.45, 7) is 1.91. The van der Waals surface area contributed by atoms with E-state index >= 15 is 0 Å². The summed E-state index contributed by atoms with van der Waals surface area (Å²) in [5, 5.41) is 11.6. The van der Waals surface area contributed by atoms with Crippen LogP contribution in [-0.2, 0) is 4.79 Å². The minimum Gasteiger partial charge on any atom is -0.324 e.